The fourth-order valence-corrected chi connectivity index (χ4v) is 3.76. The standard InChI is InChI=1S/C26H36F12O7/c1-19(2,3)12-22(9,20(4,5)6)18(41)45-21(7,8)17(40)43-13(10-11-42-15(23(27,28)29)24(30,31)32)14(39)44-16(25(33,34)35)26(36,37)38/h13,15-16H,10-12H2,1-9H3. The van der Waals surface area contributed by atoms with E-state index in [1.807, 2.05) is 0 Å². The molecule has 45 heavy (non-hydrogen) atoms. The summed E-state index contributed by atoms with van der Waals surface area (Å²) in [5.74, 6) is -5.48. The lowest BCUT2D eigenvalue weighted by Crippen LogP contribution is -2.51. The second kappa shape index (κ2) is 13.7. The van der Waals surface area contributed by atoms with Gasteiger partial charge in [0.25, 0.3) is 6.10 Å². The van der Waals surface area contributed by atoms with Crippen molar-refractivity contribution in [2.24, 2.45) is 16.2 Å². The van der Waals surface area contributed by atoms with Crippen LogP contribution < -0.4 is 0 Å². The van der Waals surface area contributed by atoms with Crippen molar-refractivity contribution in [2.75, 3.05) is 6.61 Å². The molecule has 0 bridgehead atoms. The molecule has 2 unspecified atom stereocenters. The van der Waals surface area contributed by atoms with Crippen molar-refractivity contribution >= 4 is 17.9 Å². The van der Waals surface area contributed by atoms with Crippen molar-refractivity contribution in [2.45, 2.75) is 124 Å². The number of ether oxygens (including phenoxy) is 4. The molecule has 0 radical (unpaired) electrons. The summed E-state index contributed by atoms with van der Waals surface area (Å²) in [6.07, 6.45) is -38.5. The molecular formula is C26H36F12O7. The van der Waals surface area contributed by atoms with E-state index in [0.717, 1.165) is 13.8 Å². The molecule has 266 valence electrons. The highest BCUT2D eigenvalue weighted by atomic mass is 19.4. The number of hydrogen-bond donors (Lipinski definition) is 0. The summed E-state index contributed by atoms with van der Waals surface area (Å²) in [6.45, 7) is 11.7. The van der Waals surface area contributed by atoms with Gasteiger partial charge < -0.3 is 18.9 Å². The third kappa shape index (κ3) is 12.7. The highest BCUT2D eigenvalue weighted by molar-refractivity contribution is 5.87. The van der Waals surface area contributed by atoms with Gasteiger partial charge in [-0.3, -0.25) is 4.79 Å². The molecule has 0 fully saturated rings. The Morgan fingerprint density at radius 3 is 1.31 bits per heavy atom. The first-order valence-corrected chi connectivity index (χ1v) is 13.0. The maximum Gasteiger partial charge on any atom is 0.434 e. The van der Waals surface area contributed by atoms with Crippen LogP contribution in [0, 0.1) is 16.2 Å². The summed E-state index contributed by atoms with van der Waals surface area (Å²) >= 11 is 0. The summed E-state index contributed by atoms with van der Waals surface area (Å²) in [6, 6.07) is 0. The van der Waals surface area contributed by atoms with Gasteiger partial charge >= 0.3 is 42.6 Å². The Morgan fingerprint density at radius 1 is 0.578 bits per heavy atom. The molecule has 0 rings (SSSR count). The minimum absolute atomic E-state index is 0.162. The van der Waals surface area contributed by atoms with Crippen LogP contribution in [-0.4, -0.2) is 73.1 Å². The normalized spacial score (nSPS) is 16.3. The number of rotatable bonds is 11. The van der Waals surface area contributed by atoms with E-state index in [4.69, 9.17) is 4.74 Å². The molecule has 0 heterocycles. The first kappa shape index (κ1) is 42.5. The summed E-state index contributed by atoms with van der Waals surface area (Å²) in [4.78, 5) is 38.6. The number of halogens is 12. The highest BCUT2D eigenvalue weighted by Gasteiger charge is 2.61. The number of esters is 3. The van der Waals surface area contributed by atoms with Crippen molar-refractivity contribution < 1.29 is 86.0 Å². The monoisotopic (exact) mass is 688 g/mol. The van der Waals surface area contributed by atoms with E-state index in [2.05, 4.69) is 14.2 Å². The van der Waals surface area contributed by atoms with Gasteiger partial charge in [-0.15, -0.1) is 0 Å². The van der Waals surface area contributed by atoms with Gasteiger partial charge in [-0.25, -0.2) is 9.59 Å². The minimum Gasteiger partial charge on any atom is -0.447 e. The molecule has 0 N–H and O–H groups in total. The van der Waals surface area contributed by atoms with Gasteiger partial charge in [0.15, 0.2) is 0 Å². The Kier molecular flexibility index (Phi) is 13.0. The second-order valence-electron chi connectivity index (χ2n) is 13.1. The zero-order valence-electron chi connectivity index (χ0n) is 25.7. The van der Waals surface area contributed by atoms with E-state index in [-0.39, 0.29) is 6.42 Å². The highest BCUT2D eigenvalue weighted by Crippen LogP contribution is 2.48. The van der Waals surface area contributed by atoms with Gasteiger partial charge in [0.2, 0.25) is 17.8 Å². The molecule has 0 aliphatic carbocycles. The lowest BCUT2D eigenvalue weighted by Gasteiger charge is -2.44. The van der Waals surface area contributed by atoms with E-state index >= 15 is 0 Å². The number of carbonyl (C=O) groups excluding carboxylic acids is 3. The quantitative estimate of drug-likeness (QED) is 0.125. The minimum atomic E-state index is -6.28. The number of carbonyl (C=O) groups is 3. The van der Waals surface area contributed by atoms with Crippen LogP contribution in [0.15, 0.2) is 0 Å². The summed E-state index contributed by atoms with van der Waals surface area (Å²) < 4.78 is 171. The van der Waals surface area contributed by atoms with Crippen molar-refractivity contribution in [1.29, 1.82) is 0 Å². The molecule has 0 spiro atoms. The molecule has 0 aliphatic heterocycles. The van der Waals surface area contributed by atoms with E-state index in [0.29, 0.717) is 0 Å². The van der Waals surface area contributed by atoms with Gasteiger partial charge in [-0.2, -0.15) is 52.7 Å². The summed E-state index contributed by atoms with van der Waals surface area (Å²) in [5, 5.41) is 0. The van der Waals surface area contributed by atoms with Crippen LogP contribution in [0.25, 0.3) is 0 Å². The first-order valence-electron chi connectivity index (χ1n) is 13.0. The molecule has 0 aliphatic rings. The maximum absolute atomic E-state index is 13.3. The van der Waals surface area contributed by atoms with Gasteiger partial charge in [-0.05, 0) is 38.0 Å². The predicted molar refractivity (Wildman–Crippen MR) is 130 cm³/mol. The van der Waals surface area contributed by atoms with Crippen LogP contribution in [0.1, 0.15) is 75.2 Å². The van der Waals surface area contributed by atoms with E-state index in [1.54, 1.807) is 41.5 Å². The van der Waals surface area contributed by atoms with Crippen molar-refractivity contribution in [3.05, 3.63) is 0 Å². The number of hydrogen-bond acceptors (Lipinski definition) is 7. The predicted octanol–water partition coefficient (Wildman–Crippen LogP) is 7.64. The van der Waals surface area contributed by atoms with Crippen molar-refractivity contribution in [1.82, 2.24) is 0 Å². The molecule has 7 nitrogen and oxygen atoms in total. The number of alkyl halides is 12. The third-order valence-corrected chi connectivity index (χ3v) is 6.43. The van der Waals surface area contributed by atoms with Gasteiger partial charge in [-0.1, -0.05) is 41.5 Å². The molecule has 0 amide bonds. The average molecular weight is 689 g/mol. The SMILES string of the molecule is CC(C)(C)CC(C)(C(=O)OC(C)(C)C(=O)OC(CCOC(C(F)(F)F)C(F)(F)F)C(=O)OC(C(F)(F)F)C(F)(F)F)C(C)(C)C. The van der Waals surface area contributed by atoms with Crippen LogP contribution in [0.3, 0.4) is 0 Å². The second-order valence-corrected chi connectivity index (χ2v) is 13.1. The summed E-state index contributed by atoms with van der Waals surface area (Å²) in [5.41, 5.74) is -5.13. The lowest BCUT2D eigenvalue weighted by molar-refractivity contribution is -0.323. The molecule has 2 atom stereocenters. The Hall–Kier alpha value is -2.47. The zero-order chi connectivity index (χ0) is 36.4. The average Bonchev–Trinajstić information content (AvgIpc) is 2.73. The van der Waals surface area contributed by atoms with E-state index < -0.39 is 95.8 Å². The smallest absolute Gasteiger partial charge is 0.434 e. The fourth-order valence-electron chi connectivity index (χ4n) is 3.76. The van der Waals surface area contributed by atoms with Crippen LogP contribution in [0.2, 0.25) is 0 Å². The van der Waals surface area contributed by atoms with Crippen LogP contribution in [0.5, 0.6) is 0 Å². The molecule has 0 saturated carbocycles. The molecular weight excluding hydrogens is 652 g/mol. The van der Waals surface area contributed by atoms with Crippen LogP contribution in [-0.2, 0) is 33.3 Å². The first-order chi connectivity index (χ1) is 19.5. The molecule has 0 saturated heterocycles. The zero-order valence-corrected chi connectivity index (χ0v) is 25.7. The van der Waals surface area contributed by atoms with Crippen LogP contribution in [0.4, 0.5) is 52.7 Å². The Labute approximate surface area is 251 Å². The molecule has 19 heteroatoms. The van der Waals surface area contributed by atoms with Crippen molar-refractivity contribution in [3.63, 3.8) is 0 Å². The van der Waals surface area contributed by atoms with Crippen LogP contribution >= 0.6 is 0 Å². The van der Waals surface area contributed by atoms with E-state index in [9.17, 15) is 67.1 Å². The Bertz CT molecular complexity index is 1000. The third-order valence-electron chi connectivity index (χ3n) is 6.43. The van der Waals surface area contributed by atoms with Crippen molar-refractivity contribution in [3.8, 4) is 0 Å². The maximum atomic E-state index is 13.3. The topological polar surface area (TPSA) is 88.1 Å². The summed E-state index contributed by atoms with van der Waals surface area (Å²) in [7, 11) is 0. The van der Waals surface area contributed by atoms with E-state index in [1.165, 1.54) is 6.92 Å². The van der Waals surface area contributed by atoms with Gasteiger partial charge in [0, 0.05) is 6.42 Å². The fraction of sp³-hybridized carbons (Fsp3) is 0.885. The largest absolute Gasteiger partial charge is 0.447 e. The van der Waals surface area contributed by atoms with Gasteiger partial charge in [0.1, 0.15) is 0 Å². The lowest BCUT2D eigenvalue weighted by atomic mass is 9.61. The van der Waals surface area contributed by atoms with Gasteiger partial charge in [0.05, 0.1) is 12.0 Å². The Morgan fingerprint density at radius 2 is 0.978 bits per heavy atom. The molecule has 0 aromatic heterocycles. The molecule has 0 aromatic rings. The molecule has 0 aromatic carbocycles. The Balaban J connectivity index is 6.37.